The highest BCUT2D eigenvalue weighted by Gasteiger charge is 2.23. The maximum Gasteiger partial charge on any atom is 0.229 e. The normalized spacial score (nSPS) is 14.1. The van der Waals surface area contributed by atoms with Crippen LogP contribution in [0, 0.1) is 0 Å². The summed E-state index contributed by atoms with van der Waals surface area (Å²) >= 11 is 0. The van der Waals surface area contributed by atoms with E-state index in [2.05, 4.69) is 38.4 Å². The number of methoxy groups -OCH3 is 1. The molecule has 2 aromatic carbocycles. The standard InChI is InChI=1S/C24H27N7O/c1-29-23-19(17-26-29)22(25-16-18-8-4-3-5-9-18)27-24(28-23)31-14-12-30(13-15-31)20-10-6-7-11-21(20)32-2/h3-11,17H,12-16H2,1-2H3,(H,25,27,28). The number of benzene rings is 2. The predicted molar refractivity (Wildman–Crippen MR) is 127 cm³/mol. The molecule has 0 amide bonds. The number of rotatable bonds is 6. The van der Waals surface area contributed by atoms with E-state index in [0.29, 0.717) is 6.54 Å². The number of aryl methyl sites for hydroxylation is 1. The number of fused-ring (bicyclic) bond motifs is 1. The van der Waals surface area contributed by atoms with Crippen LogP contribution in [0.5, 0.6) is 5.75 Å². The van der Waals surface area contributed by atoms with Crippen LogP contribution in [-0.2, 0) is 13.6 Å². The summed E-state index contributed by atoms with van der Waals surface area (Å²) in [4.78, 5) is 14.3. The molecule has 0 saturated carbocycles. The Kier molecular flexibility index (Phi) is 5.49. The second kappa shape index (κ2) is 8.74. The van der Waals surface area contributed by atoms with Gasteiger partial charge in [0.1, 0.15) is 11.6 Å². The fourth-order valence-electron chi connectivity index (χ4n) is 4.11. The second-order valence-electron chi connectivity index (χ2n) is 7.86. The van der Waals surface area contributed by atoms with Crippen LogP contribution in [0.2, 0.25) is 0 Å². The number of hydrogen-bond donors (Lipinski definition) is 1. The van der Waals surface area contributed by atoms with Gasteiger partial charge in [-0.15, -0.1) is 0 Å². The summed E-state index contributed by atoms with van der Waals surface area (Å²) < 4.78 is 7.35. The zero-order chi connectivity index (χ0) is 21.9. The number of para-hydroxylation sites is 2. The highest BCUT2D eigenvalue weighted by atomic mass is 16.5. The van der Waals surface area contributed by atoms with Gasteiger partial charge in [-0.05, 0) is 17.7 Å². The van der Waals surface area contributed by atoms with Crippen molar-refractivity contribution in [3.8, 4) is 5.75 Å². The van der Waals surface area contributed by atoms with Crippen molar-refractivity contribution in [1.29, 1.82) is 0 Å². The Labute approximate surface area is 187 Å². The third-order valence-electron chi connectivity index (χ3n) is 5.87. The van der Waals surface area contributed by atoms with Gasteiger partial charge in [-0.25, -0.2) is 0 Å². The first-order chi connectivity index (χ1) is 15.7. The molecule has 0 aliphatic carbocycles. The summed E-state index contributed by atoms with van der Waals surface area (Å²) in [5.74, 6) is 2.45. The molecule has 8 nitrogen and oxygen atoms in total. The maximum atomic E-state index is 5.54. The van der Waals surface area contributed by atoms with Crippen LogP contribution < -0.4 is 19.9 Å². The van der Waals surface area contributed by atoms with Gasteiger partial charge in [-0.3, -0.25) is 4.68 Å². The van der Waals surface area contributed by atoms with Crippen molar-refractivity contribution in [2.45, 2.75) is 6.54 Å². The van der Waals surface area contributed by atoms with E-state index in [0.717, 1.165) is 60.4 Å². The Morgan fingerprint density at radius 1 is 0.906 bits per heavy atom. The molecular weight excluding hydrogens is 402 g/mol. The van der Waals surface area contributed by atoms with E-state index in [1.807, 2.05) is 49.6 Å². The minimum atomic E-state index is 0.697. The van der Waals surface area contributed by atoms with Crippen LogP contribution in [-0.4, -0.2) is 53.0 Å². The van der Waals surface area contributed by atoms with E-state index in [9.17, 15) is 0 Å². The van der Waals surface area contributed by atoms with Gasteiger partial charge in [-0.2, -0.15) is 15.1 Å². The van der Waals surface area contributed by atoms with Crippen LogP contribution in [0.15, 0.2) is 60.8 Å². The average Bonchev–Trinajstić information content (AvgIpc) is 3.24. The summed E-state index contributed by atoms with van der Waals surface area (Å²) in [5.41, 5.74) is 3.16. The quantitative estimate of drug-likeness (QED) is 0.504. The minimum absolute atomic E-state index is 0.697. The lowest BCUT2D eigenvalue weighted by atomic mass is 10.2. The molecule has 1 fully saturated rings. The van der Waals surface area contributed by atoms with Crippen LogP contribution >= 0.6 is 0 Å². The monoisotopic (exact) mass is 429 g/mol. The summed E-state index contributed by atoms with van der Waals surface area (Å²) in [7, 11) is 3.63. The van der Waals surface area contributed by atoms with Gasteiger partial charge in [0, 0.05) is 39.8 Å². The first kappa shape index (κ1) is 20.1. The Bertz CT molecular complexity index is 1200. The number of nitrogens with zero attached hydrogens (tertiary/aromatic N) is 6. The van der Waals surface area contributed by atoms with Gasteiger partial charge in [0.15, 0.2) is 5.65 Å². The highest BCUT2D eigenvalue weighted by Crippen LogP contribution is 2.29. The second-order valence-corrected chi connectivity index (χ2v) is 7.86. The molecule has 0 unspecified atom stereocenters. The van der Waals surface area contributed by atoms with E-state index in [4.69, 9.17) is 14.7 Å². The fourth-order valence-corrected chi connectivity index (χ4v) is 4.11. The minimum Gasteiger partial charge on any atom is -0.495 e. The molecule has 0 radical (unpaired) electrons. The molecular formula is C24H27N7O. The third kappa shape index (κ3) is 3.91. The van der Waals surface area contributed by atoms with Crippen molar-refractivity contribution >= 4 is 28.5 Å². The number of nitrogens with one attached hydrogen (secondary N) is 1. The van der Waals surface area contributed by atoms with Crippen molar-refractivity contribution in [2.24, 2.45) is 7.05 Å². The predicted octanol–water partition coefficient (Wildman–Crippen LogP) is 3.31. The van der Waals surface area contributed by atoms with Gasteiger partial charge < -0.3 is 19.9 Å². The lowest BCUT2D eigenvalue weighted by Crippen LogP contribution is -2.47. The molecule has 3 heterocycles. The SMILES string of the molecule is COc1ccccc1N1CCN(c2nc(NCc3ccccc3)c3cnn(C)c3n2)CC1. The highest BCUT2D eigenvalue weighted by molar-refractivity contribution is 5.87. The van der Waals surface area contributed by atoms with E-state index in [1.165, 1.54) is 5.56 Å². The number of aromatic nitrogens is 4. The van der Waals surface area contributed by atoms with Crippen molar-refractivity contribution in [2.75, 3.05) is 48.4 Å². The van der Waals surface area contributed by atoms with Crippen LogP contribution in [0.1, 0.15) is 5.56 Å². The fraction of sp³-hybridized carbons (Fsp3) is 0.292. The number of ether oxygens (including phenoxy) is 1. The summed E-state index contributed by atoms with van der Waals surface area (Å²) in [6.45, 7) is 4.11. The van der Waals surface area contributed by atoms with E-state index < -0.39 is 0 Å². The van der Waals surface area contributed by atoms with Crippen LogP contribution in [0.25, 0.3) is 11.0 Å². The summed E-state index contributed by atoms with van der Waals surface area (Å²) in [6, 6.07) is 18.5. The zero-order valence-corrected chi connectivity index (χ0v) is 18.4. The van der Waals surface area contributed by atoms with Crippen molar-refractivity contribution in [3.05, 3.63) is 66.4 Å². The van der Waals surface area contributed by atoms with Gasteiger partial charge in [0.25, 0.3) is 0 Å². The maximum absolute atomic E-state index is 5.54. The Hall–Kier alpha value is -3.81. The lowest BCUT2D eigenvalue weighted by molar-refractivity contribution is 0.413. The van der Waals surface area contributed by atoms with Crippen molar-refractivity contribution in [3.63, 3.8) is 0 Å². The molecule has 1 aliphatic heterocycles. The van der Waals surface area contributed by atoms with Gasteiger partial charge in [0.05, 0.1) is 24.4 Å². The number of piperazine rings is 1. The molecule has 8 heteroatoms. The lowest BCUT2D eigenvalue weighted by Gasteiger charge is -2.36. The molecule has 164 valence electrons. The van der Waals surface area contributed by atoms with Gasteiger partial charge >= 0.3 is 0 Å². The van der Waals surface area contributed by atoms with E-state index in [-0.39, 0.29) is 0 Å². The van der Waals surface area contributed by atoms with Crippen molar-refractivity contribution in [1.82, 2.24) is 19.7 Å². The zero-order valence-electron chi connectivity index (χ0n) is 18.4. The Balaban J connectivity index is 1.37. The molecule has 4 aromatic rings. The Morgan fingerprint density at radius 3 is 2.41 bits per heavy atom. The number of hydrogen-bond acceptors (Lipinski definition) is 7. The molecule has 32 heavy (non-hydrogen) atoms. The van der Waals surface area contributed by atoms with Crippen LogP contribution in [0.3, 0.4) is 0 Å². The average molecular weight is 430 g/mol. The summed E-state index contributed by atoms with van der Waals surface area (Å²) in [5, 5.41) is 8.82. The van der Waals surface area contributed by atoms with E-state index in [1.54, 1.807) is 11.8 Å². The third-order valence-corrected chi connectivity index (χ3v) is 5.87. The van der Waals surface area contributed by atoms with Gasteiger partial charge in [0.2, 0.25) is 5.95 Å². The topological polar surface area (TPSA) is 71.3 Å². The molecule has 0 atom stereocenters. The first-order valence-corrected chi connectivity index (χ1v) is 10.8. The smallest absolute Gasteiger partial charge is 0.229 e. The molecule has 2 aromatic heterocycles. The molecule has 0 bridgehead atoms. The van der Waals surface area contributed by atoms with Crippen molar-refractivity contribution < 1.29 is 4.74 Å². The molecule has 0 spiro atoms. The Morgan fingerprint density at radius 2 is 1.62 bits per heavy atom. The summed E-state index contributed by atoms with van der Waals surface area (Å²) in [6.07, 6.45) is 1.83. The molecule has 5 rings (SSSR count). The number of anilines is 3. The van der Waals surface area contributed by atoms with Gasteiger partial charge in [-0.1, -0.05) is 42.5 Å². The molecule has 1 saturated heterocycles. The van der Waals surface area contributed by atoms with Crippen LogP contribution in [0.4, 0.5) is 17.5 Å². The largest absolute Gasteiger partial charge is 0.495 e. The molecule has 1 N–H and O–H groups in total. The first-order valence-electron chi connectivity index (χ1n) is 10.8. The van der Waals surface area contributed by atoms with E-state index >= 15 is 0 Å². The molecule has 1 aliphatic rings.